The maximum absolute atomic E-state index is 13.4. The molecule has 3 aliphatic rings. The second-order valence-corrected chi connectivity index (χ2v) is 8.68. The van der Waals surface area contributed by atoms with E-state index in [1.54, 1.807) is 0 Å². The summed E-state index contributed by atoms with van der Waals surface area (Å²) >= 11 is 0. The van der Waals surface area contributed by atoms with Gasteiger partial charge in [0.05, 0.1) is 0 Å². The summed E-state index contributed by atoms with van der Waals surface area (Å²) in [5.74, 6) is 1.27. The van der Waals surface area contributed by atoms with Crippen LogP contribution in [-0.2, 0) is 16.6 Å². The Labute approximate surface area is 173 Å². The van der Waals surface area contributed by atoms with E-state index in [0.717, 1.165) is 32.4 Å². The van der Waals surface area contributed by atoms with Crippen LogP contribution in [-0.4, -0.2) is 30.4 Å². The predicted molar refractivity (Wildman–Crippen MR) is 115 cm³/mol. The normalized spacial score (nSPS) is 30.6. The fraction of sp³-hybridized carbons (Fsp3) is 0.458. The van der Waals surface area contributed by atoms with Crippen LogP contribution in [0, 0.1) is 11.8 Å². The van der Waals surface area contributed by atoms with Gasteiger partial charge in [0.1, 0.15) is 0 Å². The molecular formula is C24H29ClN2O. The molecule has 2 unspecified atom stereocenters. The molecule has 2 aromatic rings. The molecule has 5 rings (SSSR count). The molecule has 2 N–H and O–H groups in total. The zero-order valence-electron chi connectivity index (χ0n) is 16.2. The highest BCUT2D eigenvalue weighted by Crippen LogP contribution is 2.61. The van der Waals surface area contributed by atoms with Gasteiger partial charge in [-0.3, -0.25) is 4.79 Å². The van der Waals surface area contributed by atoms with Gasteiger partial charge in [0.2, 0.25) is 5.91 Å². The lowest BCUT2D eigenvalue weighted by Crippen LogP contribution is -2.34. The van der Waals surface area contributed by atoms with Crippen LogP contribution in [0.15, 0.2) is 54.6 Å². The minimum absolute atomic E-state index is 0. The molecule has 0 aromatic heterocycles. The van der Waals surface area contributed by atoms with Gasteiger partial charge in [-0.2, -0.15) is 0 Å². The van der Waals surface area contributed by atoms with Crippen LogP contribution in [0.25, 0.3) is 0 Å². The highest BCUT2D eigenvalue weighted by atomic mass is 35.5. The topological polar surface area (TPSA) is 46.3 Å². The summed E-state index contributed by atoms with van der Waals surface area (Å²) in [5, 5.41) is 0. The number of benzene rings is 2. The molecule has 2 aromatic carbocycles. The molecule has 0 bridgehead atoms. The van der Waals surface area contributed by atoms with E-state index < -0.39 is 0 Å². The van der Waals surface area contributed by atoms with Gasteiger partial charge in [-0.15, -0.1) is 12.4 Å². The van der Waals surface area contributed by atoms with Crippen molar-refractivity contribution in [1.82, 2.24) is 4.90 Å². The molecule has 1 spiro atoms. The van der Waals surface area contributed by atoms with E-state index >= 15 is 0 Å². The Balaban J connectivity index is 0.00000192. The van der Waals surface area contributed by atoms with Crippen molar-refractivity contribution < 1.29 is 4.79 Å². The van der Waals surface area contributed by atoms with Gasteiger partial charge in [-0.1, -0.05) is 54.6 Å². The molecule has 4 atom stereocenters. The lowest BCUT2D eigenvalue weighted by molar-refractivity contribution is -0.132. The van der Waals surface area contributed by atoms with Crippen molar-refractivity contribution in [3.8, 4) is 0 Å². The number of likely N-dealkylation sites (tertiary alicyclic amines) is 1. The second-order valence-electron chi connectivity index (χ2n) is 8.68. The molecule has 28 heavy (non-hydrogen) atoms. The fourth-order valence-electron chi connectivity index (χ4n) is 5.74. The number of carbonyl (C=O) groups excluding carboxylic acids is 1. The number of hydrogen-bond donors (Lipinski definition) is 1. The number of aryl methyl sites for hydroxylation is 1. The van der Waals surface area contributed by atoms with Gasteiger partial charge in [0.15, 0.2) is 0 Å². The fourth-order valence-corrected chi connectivity index (χ4v) is 5.74. The number of halogens is 1. The minimum Gasteiger partial charge on any atom is -0.341 e. The van der Waals surface area contributed by atoms with Crippen molar-refractivity contribution in [2.45, 2.75) is 37.0 Å². The highest BCUT2D eigenvalue weighted by Gasteiger charge is 2.61. The summed E-state index contributed by atoms with van der Waals surface area (Å²) in [6, 6.07) is 19.4. The minimum atomic E-state index is 0. The van der Waals surface area contributed by atoms with Crippen molar-refractivity contribution >= 4 is 18.3 Å². The van der Waals surface area contributed by atoms with E-state index in [4.69, 9.17) is 5.73 Å². The maximum atomic E-state index is 13.4. The molecule has 1 saturated heterocycles. The molecule has 3 nitrogen and oxygen atoms in total. The van der Waals surface area contributed by atoms with E-state index in [1.807, 2.05) is 6.07 Å². The summed E-state index contributed by atoms with van der Waals surface area (Å²) in [5.41, 5.74) is 10.4. The van der Waals surface area contributed by atoms with E-state index in [-0.39, 0.29) is 23.7 Å². The third-order valence-electron chi connectivity index (χ3n) is 7.28. The van der Waals surface area contributed by atoms with Gasteiger partial charge in [0.25, 0.3) is 0 Å². The SMILES string of the molecule is Cl.NC[C@@H]1CN(C(=O)C2CC23CCCc2ccccc23)C[C@H]1c1ccccc1. The first-order valence-corrected chi connectivity index (χ1v) is 10.3. The summed E-state index contributed by atoms with van der Waals surface area (Å²) < 4.78 is 0. The smallest absolute Gasteiger partial charge is 0.226 e. The van der Waals surface area contributed by atoms with Gasteiger partial charge in [-0.25, -0.2) is 0 Å². The Morgan fingerprint density at radius 2 is 1.82 bits per heavy atom. The van der Waals surface area contributed by atoms with Crippen LogP contribution >= 0.6 is 12.4 Å². The molecule has 1 saturated carbocycles. The molecule has 1 heterocycles. The monoisotopic (exact) mass is 396 g/mol. The van der Waals surface area contributed by atoms with E-state index in [9.17, 15) is 4.79 Å². The lowest BCUT2D eigenvalue weighted by atomic mass is 9.78. The summed E-state index contributed by atoms with van der Waals surface area (Å²) in [7, 11) is 0. The van der Waals surface area contributed by atoms with Crippen molar-refractivity contribution in [3.05, 3.63) is 71.3 Å². The van der Waals surface area contributed by atoms with Crippen molar-refractivity contribution in [2.75, 3.05) is 19.6 Å². The number of rotatable bonds is 3. The average molecular weight is 397 g/mol. The van der Waals surface area contributed by atoms with Crippen molar-refractivity contribution in [3.63, 3.8) is 0 Å². The molecule has 1 aliphatic heterocycles. The Morgan fingerprint density at radius 1 is 1.07 bits per heavy atom. The van der Waals surface area contributed by atoms with E-state index in [2.05, 4.69) is 53.4 Å². The lowest BCUT2D eigenvalue weighted by Gasteiger charge is -2.27. The first-order chi connectivity index (χ1) is 13.2. The van der Waals surface area contributed by atoms with E-state index in [0.29, 0.717) is 24.3 Å². The number of nitrogens with zero attached hydrogens (tertiary/aromatic N) is 1. The Hall–Kier alpha value is -1.84. The van der Waals surface area contributed by atoms with Gasteiger partial charge < -0.3 is 10.6 Å². The van der Waals surface area contributed by atoms with Gasteiger partial charge in [-0.05, 0) is 54.8 Å². The first-order valence-electron chi connectivity index (χ1n) is 10.3. The van der Waals surface area contributed by atoms with Crippen LogP contribution in [0.4, 0.5) is 0 Å². The Morgan fingerprint density at radius 3 is 2.61 bits per heavy atom. The average Bonchev–Trinajstić information content (AvgIpc) is 3.26. The molecule has 1 amide bonds. The van der Waals surface area contributed by atoms with Crippen LogP contribution in [0.1, 0.15) is 41.9 Å². The molecule has 0 radical (unpaired) electrons. The molecule has 2 fully saturated rings. The van der Waals surface area contributed by atoms with Gasteiger partial charge >= 0.3 is 0 Å². The van der Waals surface area contributed by atoms with Gasteiger partial charge in [0, 0.05) is 30.3 Å². The van der Waals surface area contributed by atoms with Crippen LogP contribution < -0.4 is 5.73 Å². The number of carbonyl (C=O) groups is 1. The number of amides is 1. The zero-order chi connectivity index (χ0) is 18.4. The first kappa shape index (κ1) is 19.5. The third-order valence-corrected chi connectivity index (χ3v) is 7.28. The summed E-state index contributed by atoms with van der Waals surface area (Å²) in [6.45, 7) is 2.27. The number of nitrogens with two attached hydrogens (primary N) is 1. The predicted octanol–water partition coefficient (Wildman–Crippen LogP) is 3.90. The Bertz CT molecular complexity index is 855. The third kappa shape index (κ3) is 3.05. The highest BCUT2D eigenvalue weighted by molar-refractivity contribution is 5.85. The standard InChI is InChI=1S/C24H28N2O.ClH/c25-14-19-15-26(16-20(19)17-7-2-1-3-8-17)23(27)22-13-24(22)12-6-10-18-9-4-5-11-21(18)24;/h1-5,7-9,11,19-20,22H,6,10,12-16,25H2;1H/t19-,20+,22?,24?;/m1./s1. The maximum Gasteiger partial charge on any atom is 0.226 e. The summed E-state index contributed by atoms with van der Waals surface area (Å²) in [4.78, 5) is 15.5. The number of fused-ring (bicyclic) bond motifs is 2. The van der Waals surface area contributed by atoms with Crippen LogP contribution in [0.3, 0.4) is 0 Å². The molecule has 4 heteroatoms. The Kier molecular flexibility index (Phi) is 5.24. The quantitative estimate of drug-likeness (QED) is 0.855. The zero-order valence-corrected chi connectivity index (χ0v) is 17.0. The van der Waals surface area contributed by atoms with Crippen molar-refractivity contribution in [1.29, 1.82) is 0 Å². The molecule has 2 aliphatic carbocycles. The number of hydrogen-bond acceptors (Lipinski definition) is 2. The largest absolute Gasteiger partial charge is 0.341 e. The van der Waals surface area contributed by atoms with Crippen LogP contribution in [0.2, 0.25) is 0 Å². The molecule has 148 valence electrons. The van der Waals surface area contributed by atoms with E-state index in [1.165, 1.54) is 23.1 Å². The summed E-state index contributed by atoms with van der Waals surface area (Å²) in [6.07, 6.45) is 4.56. The van der Waals surface area contributed by atoms with Crippen LogP contribution in [0.5, 0.6) is 0 Å². The second kappa shape index (κ2) is 7.53. The van der Waals surface area contributed by atoms with Crippen molar-refractivity contribution in [2.24, 2.45) is 17.6 Å². The molecular weight excluding hydrogens is 368 g/mol.